The predicted molar refractivity (Wildman–Crippen MR) is 96.2 cm³/mol. The summed E-state index contributed by atoms with van der Waals surface area (Å²) in [5.41, 5.74) is 1.84. The molecule has 4 nitrogen and oxygen atoms in total. The summed E-state index contributed by atoms with van der Waals surface area (Å²) in [7, 11) is 0. The minimum absolute atomic E-state index is 0.0398. The molecule has 1 amide bonds. The van der Waals surface area contributed by atoms with Gasteiger partial charge in [0.1, 0.15) is 5.75 Å². The van der Waals surface area contributed by atoms with Crippen molar-refractivity contribution >= 4 is 39.8 Å². The number of ether oxygens (including phenoxy) is 1. The Morgan fingerprint density at radius 3 is 2.84 bits per heavy atom. The maximum absolute atomic E-state index is 12.5. The zero-order chi connectivity index (χ0) is 17.6. The number of nitrogens with one attached hydrogen (secondary N) is 1. The van der Waals surface area contributed by atoms with E-state index in [0.717, 1.165) is 5.56 Å². The number of aromatic nitrogens is 1. The molecule has 2 heterocycles. The van der Waals surface area contributed by atoms with Crippen LogP contribution in [0.5, 0.6) is 5.75 Å². The number of anilines is 1. The van der Waals surface area contributed by atoms with Gasteiger partial charge in [-0.25, -0.2) is 4.98 Å². The summed E-state index contributed by atoms with van der Waals surface area (Å²) in [6, 6.07) is 8.29. The number of rotatable bonds is 6. The van der Waals surface area contributed by atoms with Gasteiger partial charge in [-0.15, -0.1) is 11.3 Å². The summed E-state index contributed by atoms with van der Waals surface area (Å²) in [6.07, 6.45) is 3.11. The monoisotopic (exact) mass is 378 g/mol. The molecule has 2 aromatic heterocycles. The summed E-state index contributed by atoms with van der Waals surface area (Å²) in [5.74, 6) is -0.276. The molecule has 0 aliphatic carbocycles. The zero-order valence-electron chi connectivity index (χ0n) is 12.7. The molecule has 0 bridgehead atoms. The van der Waals surface area contributed by atoms with E-state index in [-0.39, 0.29) is 11.7 Å². The van der Waals surface area contributed by atoms with Gasteiger partial charge in [0, 0.05) is 17.0 Å². The van der Waals surface area contributed by atoms with Gasteiger partial charge >= 0.3 is 6.61 Å². The van der Waals surface area contributed by atoms with Crippen molar-refractivity contribution < 1.29 is 18.3 Å². The Hall–Kier alpha value is -2.58. The molecule has 3 rings (SSSR count). The Balaban J connectivity index is 1.71. The fourth-order valence-electron chi connectivity index (χ4n) is 2.02. The van der Waals surface area contributed by atoms with Crippen LogP contribution in [-0.4, -0.2) is 17.5 Å². The summed E-state index contributed by atoms with van der Waals surface area (Å²) in [4.78, 5) is 16.2. The number of nitrogens with zero attached hydrogens (tertiary/aromatic N) is 1. The van der Waals surface area contributed by atoms with Gasteiger partial charge in [-0.3, -0.25) is 10.1 Å². The highest BCUT2D eigenvalue weighted by atomic mass is 32.1. The molecule has 0 spiro atoms. The van der Waals surface area contributed by atoms with Crippen molar-refractivity contribution in [3.05, 3.63) is 58.1 Å². The second kappa shape index (κ2) is 8.00. The first-order valence-electron chi connectivity index (χ1n) is 7.13. The third kappa shape index (κ3) is 4.71. The van der Waals surface area contributed by atoms with Gasteiger partial charge in [-0.2, -0.15) is 20.1 Å². The molecular weight excluding hydrogens is 366 g/mol. The van der Waals surface area contributed by atoms with Crippen LogP contribution in [0.25, 0.3) is 17.3 Å². The lowest BCUT2D eigenvalue weighted by molar-refractivity contribution is -0.111. The number of amides is 1. The molecule has 25 heavy (non-hydrogen) atoms. The largest absolute Gasteiger partial charge is 0.434 e. The number of benzene rings is 1. The molecule has 0 aliphatic heterocycles. The second-order valence-corrected chi connectivity index (χ2v) is 6.43. The first kappa shape index (κ1) is 17.2. The Labute approximate surface area is 150 Å². The first-order chi connectivity index (χ1) is 12.1. The number of halogens is 2. The van der Waals surface area contributed by atoms with Crippen LogP contribution >= 0.6 is 22.7 Å². The van der Waals surface area contributed by atoms with Crippen molar-refractivity contribution in [2.24, 2.45) is 0 Å². The van der Waals surface area contributed by atoms with E-state index in [9.17, 15) is 13.6 Å². The van der Waals surface area contributed by atoms with Crippen molar-refractivity contribution in [3.8, 4) is 17.0 Å². The molecule has 0 saturated heterocycles. The first-order valence-corrected chi connectivity index (χ1v) is 8.95. The quantitative estimate of drug-likeness (QED) is 0.606. The molecule has 0 unspecified atom stereocenters. The Kier molecular flexibility index (Phi) is 5.52. The van der Waals surface area contributed by atoms with E-state index in [1.807, 2.05) is 16.8 Å². The van der Waals surface area contributed by atoms with Gasteiger partial charge in [-0.1, -0.05) is 12.1 Å². The van der Waals surface area contributed by atoms with Crippen molar-refractivity contribution in [2.75, 3.05) is 5.32 Å². The lowest BCUT2D eigenvalue weighted by atomic mass is 10.1. The Morgan fingerprint density at radius 2 is 2.08 bits per heavy atom. The normalized spacial score (nSPS) is 11.2. The van der Waals surface area contributed by atoms with E-state index in [1.165, 1.54) is 23.5 Å². The zero-order valence-corrected chi connectivity index (χ0v) is 14.3. The van der Waals surface area contributed by atoms with Crippen molar-refractivity contribution in [3.63, 3.8) is 0 Å². The maximum atomic E-state index is 12.5. The number of para-hydroxylation sites is 1. The number of carbonyl (C=O) groups is 1. The van der Waals surface area contributed by atoms with Crippen LogP contribution < -0.4 is 10.1 Å². The molecule has 3 aromatic rings. The number of hydrogen-bond acceptors (Lipinski definition) is 5. The van der Waals surface area contributed by atoms with E-state index in [4.69, 9.17) is 0 Å². The molecule has 0 saturated carbocycles. The molecule has 1 N–H and O–H groups in total. The maximum Gasteiger partial charge on any atom is 0.387 e. The van der Waals surface area contributed by atoms with E-state index in [2.05, 4.69) is 15.0 Å². The number of thiazole rings is 1. The fourth-order valence-corrected chi connectivity index (χ4v) is 3.36. The minimum atomic E-state index is -2.92. The third-order valence-corrected chi connectivity index (χ3v) is 4.54. The summed E-state index contributed by atoms with van der Waals surface area (Å²) in [5, 5.41) is 8.54. The Morgan fingerprint density at radius 1 is 1.24 bits per heavy atom. The molecule has 0 aliphatic rings. The highest BCUT2D eigenvalue weighted by molar-refractivity contribution is 7.14. The molecule has 0 radical (unpaired) electrons. The van der Waals surface area contributed by atoms with Crippen LogP contribution in [0, 0.1) is 0 Å². The number of alkyl halides is 2. The van der Waals surface area contributed by atoms with Crippen molar-refractivity contribution in [1.82, 2.24) is 4.98 Å². The van der Waals surface area contributed by atoms with Gasteiger partial charge < -0.3 is 4.74 Å². The summed E-state index contributed by atoms with van der Waals surface area (Å²) >= 11 is 2.75. The molecule has 0 fully saturated rings. The molecule has 1 aromatic carbocycles. The lowest BCUT2D eigenvalue weighted by Gasteiger charge is -2.08. The number of hydrogen-bond donors (Lipinski definition) is 1. The fraction of sp³-hybridized carbons (Fsp3) is 0.0588. The predicted octanol–water partition coefficient (Wildman–Crippen LogP) is 5.12. The second-order valence-electron chi connectivity index (χ2n) is 4.79. The molecule has 0 atom stereocenters. The Bertz CT molecular complexity index is 876. The SMILES string of the molecule is O=C(/C=C/c1ccsc1)Nc1nc(-c2ccccc2OC(F)F)cs1. The topological polar surface area (TPSA) is 51.2 Å². The van der Waals surface area contributed by atoms with Crippen LogP contribution in [0.4, 0.5) is 13.9 Å². The van der Waals surface area contributed by atoms with Crippen LogP contribution in [0.3, 0.4) is 0 Å². The van der Waals surface area contributed by atoms with Gasteiger partial charge in [0.25, 0.3) is 0 Å². The van der Waals surface area contributed by atoms with E-state index in [0.29, 0.717) is 16.4 Å². The van der Waals surface area contributed by atoms with E-state index < -0.39 is 6.61 Å². The highest BCUT2D eigenvalue weighted by Crippen LogP contribution is 2.32. The van der Waals surface area contributed by atoms with Crippen molar-refractivity contribution in [2.45, 2.75) is 6.61 Å². The third-order valence-electron chi connectivity index (χ3n) is 3.08. The molecule has 8 heteroatoms. The van der Waals surface area contributed by atoms with Gasteiger partial charge in [-0.05, 0) is 40.6 Å². The smallest absolute Gasteiger partial charge is 0.387 e. The van der Waals surface area contributed by atoms with Gasteiger partial charge in [0.05, 0.1) is 5.69 Å². The van der Waals surface area contributed by atoms with E-state index >= 15 is 0 Å². The van der Waals surface area contributed by atoms with Crippen LogP contribution in [0.1, 0.15) is 5.56 Å². The summed E-state index contributed by atoms with van der Waals surface area (Å²) in [6.45, 7) is -2.92. The van der Waals surface area contributed by atoms with Crippen molar-refractivity contribution in [1.29, 1.82) is 0 Å². The average molecular weight is 378 g/mol. The summed E-state index contributed by atoms with van der Waals surface area (Å²) < 4.78 is 29.5. The minimum Gasteiger partial charge on any atom is -0.434 e. The van der Waals surface area contributed by atoms with E-state index in [1.54, 1.807) is 41.0 Å². The van der Waals surface area contributed by atoms with Crippen LogP contribution in [0.2, 0.25) is 0 Å². The van der Waals surface area contributed by atoms with Gasteiger partial charge in [0.2, 0.25) is 5.91 Å². The highest BCUT2D eigenvalue weighted by Gasteiger charge is 2.13. The van der Waals surface area contributed by atoms with Crippen LogP contribution in [-0.2, 0) is 4.79 Å². The number of thiophene rings is 1. The lowest BCUT2D eigenvalue weighted by Crippen LogP contribution is -2.07. The molecular formula is C17H12F2N2O2S2. The molecule has 128 valence electrons. The standard InChI is InChI=1S/C17H12F2N2O2S2/c18-16(19)23-14-4-2-1-3-12(14)13-10-25-17(20-13)21-15(22)6-5-11-7-8-24-9-11/h1-10,16H,(H,20,21,22)/b6-5+. The van der Waals surface area contributed by atoms with Crippen LogP contribution in [0.15, 0.2) is 52.5 Å². The average Bonchev–Trinajstić information content (AvgIpc) is 3.24. The van der Waals surface area contributed by atoms with Gasteiger partial charge in [0.15, 0.2) is 5.13 Å². The number of carbonyl (C=O) groups excluding carboxylic acids is 1.